The van der Waals surface area contributed by atoms with Crippen LogP contribution < -0.4 is 4.72 Å². The lowest BCUT2D eigenvalue weighted by Crippen LogP contribution is -2.18. The Morgan fingerprint density at radius 2 is 2.22 bits per heavy atom. The molecule has 18 heavy (non-hydrogen) atoms. The number of anilines is 1. The molecule has 96 valence electrons. The van der Waals surface area contributed by atoms with Gasteiger partial charge in [0.2, 0.25) is 10.0 Å². The highest BCUT2D eigenvalue weighted by molar-refractivity contribution is 7.93. The number of hydrogen-bond acceptors (Lipinski definition) is 4. The lowest BCUT2D eigenvalue weighted by atomic mass is 10.2. The minimum Gasteiger partial charge on any atom is -0.478 e. The molecule has 6 nitrogen and oxygen atoms in total. The first kappa shape index (κ1) is 12.6. The van der Waals surface area contributed by atoms with E-state index in [1.165, 1.54) is 18.3 Å². The zero-order valence-corrected chi connectivity index (χ0v) is 10.2. The Kier molecular flexibility index (Phi) is 3.33. The van der Waals surface area contributed by atoms with Crippen LogP contribution in [0.3, 0.4) is 0 Å². The van der Waals surface area contributed by atoms with Gasteiger partial charge < -0.3 is 5.11 Å². The van der Waals surface area contributed by atoms with Crippen LogP contribution in [0.15, 0.2) is 24.4 Å². The molecule has 7 heteroatoms. The summed E-state index contributed by atoms with van der Waals surface area (Å²) in [5, 5.41) is 8.18. The molecule has 0 bridgehead atoms. The summed E-state index contributed by atoms with van der Waals surface area (Å²) >= 11 is 0. The maximum atomic E-state index is 11.7. The summed E-state index contributed by atoms with van der Waals surface area (Å²) in [6, 6.07) is 3.08. The quantitative estimate of drug-likeness (QED) is 0.779. The van der Waals surface area contributed by atoms with Gasteiger partial charge in [-0.1, -0.05) is 0 Å². The fraction of sp³-hybridized carbons (Fsp3) is 0.273. The predicted octanol–water partition coefficient (Wildman–Crippen LogP) is 1.08. The SMILES string of the molecule is O=C(O)/C=C/c1ccnc(NS(=O)(=O)C2CC2)c1. The molecule has 0 unspecified atom stereocenters. The third-order valence-corrected chi connectivity index (χ3v) is 4.26. The summed E-state index contributed by atoms with van der Waals surface area (Å²) in [6.07, 6.45) is 5.13. The van der Waals surface area contributed by atoms with Crippen LogP contribution in [0.2, 0.25) is 0 Å². The summed E-state index contributed by atoms with van der Waals surface area (Å²) < 4.78 is 25.7. The van der Waals surface area contributed by atoms with Crippen molar-refractivity contribution in [3.63, 3.8) is 0 Å². The number of hydrogen-bond donors (Lipinski definition) is 2. The van der Waals surface area contributed by atoms with Crippen molar-refractivity contribution in [1.29, 1.82) is 0 Å². The monoisotopic (exact) mass is 268 g/mol. The van der Waals surface area contributed by atoms with E-state index in [0.717, 1.165) is 6.08 Å². The van der Waals surface area contributed by atoms with E-state index in [-0.39, 0.29) is 11.1 Å². The molecule has 1 aromatic heterocycles. The van der Waals surface area contributed by atoms with E-state index < -0.39 is 16.0 Å². The predicted molar refractivity (Wildman–Crippen MR) is 66.5 cm³/mol. The van der Waals surface area contributed by atoms with Crippen LogP contribution in [0.25, 0.3) is 6.08 Å². The van der Waals surface area contributed by atoms with Crippen molar-refractivity contribution in [2.45, 2.75) is 18.1 Å². The zero-order chi connectivity index (χ0) is 13.2. The number of nitrogens with one attached hydrogen (secondary N) is 1. The van der Waals surface area contributed by atoms with Crippen LogP contribution in [-0.2, 0) is 14.8 Å². The number of carbonyl (C=O) groups is 1. The summed E-state index contributed by atoms with van der Waals surface area (Å²) in [6.45, 7) is 0. The van der Waals surface area contributed by atoms with Gasteiger partial charge in [0.1, 0.15) is 5.82 Å². The first-order valence-corrected chi connectivity index (χ1v) is 6.91. The Balaban J connectivity index is 2.14. The molecule has 1 aliphatic carbocycles. The van der Waals surface area contributed by atoms with Crippen LogP contribution in [0.5, 0.6) is 0 Å². The highest BCUT2D eigenvalue weighted by Gasteiger charge is 2.35. The van der Waals surface area contributed by atoms with Crippen LogP contribution in [0.4, 0.5) is 5.82 Å². The average molecular weight is 268 g/mol. The normalized spacial score (nSPS) is 15.8. The topological polar surface area (TPSA) is 96.4 Å². The van der Waals surface area contributed by atoms with E-state index in [4.69, 9.17) is 5.11 Å². The minimum atomic E-state index is -3.34. The van der Waals surface area contributed by atoms with Gasteiger partial charge in [-0.05, 0) is 36.6 Å². The number of pyridine rings is 1. The lowest BCUT2D eigenvalue weighted by molar-refractivity contribution is -0.131. The third kappa shape index (κ3) is 3.30. The molecule has 0 spiro atoms. The Hall–Kier alpha value is -1.89. The first-order valence-electron chi connectivity index (χ1n) is 5.36. The van der Waals surface area contributed by atoms with E-state index in [1.54, 1.807) is 6.07 Å². The average Bonchev–Trinajstić information content (AvgIpc) is 3.10. The van der Waals surface area contributed by atoms with Crippen molar-refractivity contribution in [1.82, 2.24) is 4.98 Å². The van der Waals surface area contributed by atoms with Crippen LogP contribution in [-0.4, -0.2) is 29.7 Å². The molecule has 1 aromatic rings. The molecule has 0 saturated heterocycles. The number of aromatic nitrogens is 1. The van der Waals surface area contributed by atoms with E-state index in [2.05, 4.69) is 9.71 Å². The molecule has 0 aliphatic heterocycles. The zero-order valence-electron chi connectivity index (χ0n) is 9.41. The Bertz CT molecular complexity index is 591. The molecular weight excluding hydrogens is 256 g/mol. The van der Waals surface area contributed by atoms with Gasteiger partial charge in [-0.3, -0.25) is 4.72 Å². The van der Waals surface area contributed by atoms with Crippen LogP contribution in [0.1, 0.15) is 18.4 Å². The van der Waals surface area contributed by atoms with Crippen molar-refractivity contribution in [2.75, 3.05) is 4.72 Å². The molecule has 1 saturated carbocycles. The van der Waals surface area contributed by atoms with Gasteiger partial charge in [-0.25, -0.2) is 18.2 Å². The molecule has 0 aromatic carbocycles. The second-order valence-corrected chi connectivity index (χ2v) is 5.95. The molecule has 0 radical (unpaired) electrons. The molecule has 1 heterocycles. The van der Waals surface area contributed by atoms with Gasteiger partial charge in [-0.2, -0.15) is 0 Å². The number of sulfonamides is 1. The van der Waals surface area contributed by atoms with Gasteiger partial charge in [0.15, 0.2) is 0 Å². The molecular formula is C11H12N2O4S. The summed E-state index contributed by atoms with van der Waals surface area (Å²) in [7, 11) is -3.34. The number of carboxylic acid groups (broad SMARTS) is 1. The van der Waals surface area contributed by atoms with E-state index >= 15 is 0 Å². The van der Waals surface area contributed by atoms with Crippen molar-refractivity contribution >= 4 is 27.9 Å². The maximum absolute atomic E-state index is 11.7. The van der Waals surface area contributed by atoms with Gasteiger partial charge in [-0.15, -0.1) is 0 Å². The molecule has 0 amide bonds. The van der Waals surface area contributed by atoms with Gasteiger partial charge in [0, 0.05) is 12.3 Å². The number of rotatable bonds is 5. The minimum absolute atomic E-state index is 0.203. The van der Waals surface area contributed by atoms with Crippen LogP contribution in [0, 0.1) is 0 Å². The highest BCUT2D eigenvalue weighted by Crippen LogP contribution is 2.29. The summed E-state index contributed by atoms with van der Waals surface area (Å²) in [5.74, 6) is -0.860. The fourth-order valence-corrected chi connectivity index (χ4v) is 2.71. The molecule has 0 atom stereocenters. The summed E-state index contributed by atoms with van der Waals surface area (Å²) in [4.78, 5) is 14.3. The smallest absolute Gasteiger partial charge is 0.328 e. The van der Waals surface area contributed by atoms with Crippen molar-refractivity contribution in [3.05, 3.63) is 30.0 Å². The number of nitrogens with zero attached hydrogens (tertiary/aromatic N) is 1. The Labute approximate surface area is 104 Å². The Morgan fingerprint density at radius 1 is 1.50 bits per heavy atom. The van der Waals surface area contributed by atoms with Crippen molar-refractivity contribution in [2.24, 2.45) is 0 Å². The highest BCUT2D eigenvalue weighted by atomic mass is 32.2. The standard InChI is InChI=1S/C11H12N2O4S/c14-11(15)4-1-8-5-6-12-10(7-8)13-18(16,17)9-2-3-9/h1,4-7,9H,2-3H2,(H,12,13)(H,14,15)/b4-1+. The third-order valence-electron chi connectivity index (χ3n) is 2.41. The van der Waals surface area contributed by atoms with E-state index in [0.29, 0.717) is 18.4 Å². The second kappa shape index (κ2) is 4.77. The van der Waals surface area contributed by atoms with Crippen molar-refractivity contribution in [3.8, 4) is 0 Å². The Morgan fingerprint density at radius 3 is 2.83 bits per heavy atom. The molecule has 2 rings (SSSR count). The first-order chi connectivity index (χ1) is 8.47. The molecule has 1 fully saturated rings. The summed E-state index contributed by atoms with van der Waals surface area (Å²) in [5.41, 5.74) is 0.570. The van der Waals surface area contributed by atoms with E-state index in [9.17, 15) is 13.2 Å². The van der Waals surface area contributed by atoms with Gasteiger partial charge >= 0.3 is 5.97 Å². The lowest BCUT2D eigenvalue weighted by Gasteiger charge is -2.06. The van der Waals surface area contributed by atoms with Crippen LogP contribution >= 0.6 is 0 Å². The van der Waals surface area contributed by atoms with Crippen molar-refractivity contribution < 1.29 is 18.3 Å². The number of aliphatic carboxylic acids is 1. The molecule has 1 aliphatic rings. The second-order valence-electron chi connectivity index (χ2n) is 3.99. The largest absolute Gasteiger partial charge is 0.478 e. The molecule has 2 N–H and O–H groups in total. The maximum Gasteiger partial charge on any atom is 0.328 e. The fourth-order valence-electron chi connectivity index (χ4n) is 1.38. The van der Waals surface area contributed by atoms with Gasteiger partial charge in [0.25, 0.3) is 0 Å². The van der Waals surface area contributed by atoms with Gasteiger partial charge in [0.05, 0.1) is 5.25 Å². The van der Waals surface area contributed by atoms with E-state index in [1.807, 2.05) is 0 Å². The number of carboxylic acids is 1.